The zero-order valence-electron chi connectivity index (χ0n) is 19.9. The van der Waals surface area contributed by atoms with Gasteiger partial charge in [-0.25, -0.2) is 0 Å². The molecule has 0 aliphatic carbocycles. The highest BCUT2D eigenvalue weighted by atomic mass is 79.9. The number of hydrogen-bond donors (Lipinski definition) is 0. The second kappa shape index (κ2) is 17.2. The minimum atomic E-state index is -0.307. The lowest BCUT2D eigenvalue weighted by Crippen LogP contribution is -2.34. The minimum absolute atomic E-state index is 0.258. The Bertz CT molecular complexity index is 803. The number of carbonyl (C=O) groups excluding carboxylic acids is 2. The summed E-state index contributed by atoms with van der Waals surface area (Å²) in [5.41, 5.74) is 3.90. The van der Waals surface area contributed by atoms with E-state index < -0.39 is 0 Å². The first-order valence-corrected chi connectivity index (χ1v) is 11.6. The summed E-state index contributed by atoms with van der Waals surface area (Å²) < 4.78 is 0.933. The molecule has 0 unspecified atom stereocenters. The lowest BCUT2D eigenvalue weighted by Gasteiger charge is -2.29. The molecular weight excluding hydrogens is 464 g/mol. The molecular formula is C27H37BrN2O2. The summed E-state index contributed by atoms with van der Waals surface area (Å²) >= 11 is 3.64. The van der Waals surface area contributed by atoms with Crippen LogP contribution in [-0.4, -0.2) is 48.3 Å². The molecule has 32 heavy (non-hydrogen) atoms. The van der Waals surface area contributed by atoms with Gasteiger partial charge in [-0.2, -0.15) is 0 Å². The van der Waals surface area contributed by atoms with E-state index in [0.717, 1.165) is 49.0 Å². The van der Waals surface area contributed by atoms with Gasteiger partial charge < -0.3 is 4.90 Å². The van der Waals surface area contributed by atoms with Gasteiger partial charge in [0, 0.05) is 29.7 Å². The molecule has 0 N–H and O–H groups in total. The number of likely N-dealkylation sites (tertiary alicyclic amines) is 1. The number of imide groups is 1. The Morgan fingerprint density at radius 1 is 1.19 bits per heavy atom. The monoisotopic (exact) mass is 500 g/mol. The van der Waals surface area contributed by atoms with Crippen LogP contribution in [0.25, 0.3) is 0 Å². The van der Waals surface area contributed by atoms with Gasteiger partial charge in [-0.05, 0) is 52.5 Å². The second-order valence-electron chi connectivity index (χ2n) is 7.48. The van der Waals surface area contributed by atoms with E-state index in [1.165, 1.54) is 16.0 Å². The number of piperidine rings is 1. The topological polar surface area (TPSA) is 40.6 Å². The zero-order valence-corrected chi connectivity index (χ0v) is 21.5. The van der Waals surface area contributed by atoms with Crippen molar-refractivity contribution in [3.8, 4) is 12.8 Å². The first kappa shape index (κ1) is 29.6. The van der Waals surface area contributed by atoms with Crippen LogP contribution in [0.1, 0.15) is 47.0 Å². The van der Waals surface area contributed by atoms with Crippen molar-refractivity contribution < 1.29 is 9.59 Å². The van der Waals surface area contributed by atoms with Crippen LogP contribution in [-0.2, 0) is 9.59 Å². The first-order chi connectivity index (χ1) is 15.4. The van der Waals surface area contributed by atoms with E-state index in [9.17, 15) is 9.59 Å². The summed E-state index contributed by atoms with van der Waals surface area (Å²) in [7, 11) is 0. The molecule has 174 valence electrons. The zero-order chi connectivity index (χ0) is 24.5. The van der Waals surface area contributed by atoms with Gasteiger partial charge in [-0.15, -0.1) is 12.8 Å². The fraction of sp³-hybridized carbons (Fsp3) is 0.407. The van der Waals surface area contributed by atoms with Crippen LogP contribution >= 0.6 is 15.9 Å². The van der Waals surface area contributed by atoms with Crippen molar-refractivity contribution in [1.82, 2.24) is 9.80 Å². The molecule has 0 atom stereocenters. The summed E-state index contributed by atoms with van der Waals surface area (Å²) in [5, 5.41) is 0. The van der Waals surface area contributed by atoms with E-state index in [2.05, 4.69) is 59.3 Å². The molecule has 1 rings (SSSR count). The molecule has 1 aliphatic rings. The number of halogens is 1. The maximum Gasteiger partial charge on any atom is 0.260 e. The van der Waals surface area contributed by atoms with Crippen LogP contribution in [0.4, 0.5) is 0 Å². The fourth-order valence-corrected chi connectivity index (χ4v) is 3.88. The molecule has 0 aromatic carbocycles. The molecule has 4 nitrogen and oxygen atoms in total. The van der Waals surface area contributed by atoms with Crippen molar-refractivity contribution in [3.63, 3.8) is 0 Å². The molecule has 1 fully saturated rings. The Morgan fingerprint density at radius 2 is 1.81 bits per heavy atom. The highest BCUT2D eigenvalue weighted by molar-refractivity contribution is 9.11. The van der Waals surface area contributed by atoms with Gasteiger partial charge in [0.1, 0.15) is 0 Å². The summed E-state index contributed by atoms with van der Waals surface area (Å²) in [6.45, 7) is 14.9. The highest BCUT2D eigenvalue weighted by Gasteiger charge is 2.21. The number of terminal acetylenes is 1. The molecule has 0 bridgehead atoms. The standard InChI is InChI=1S/C25H35BrN2O2.C2H2/c1-6-9-11-20(4)12-15-27-16-13-22(14-17-27)24(26)18-28(19-29)25(30)23(10-7-2)21(5)8-3;1-2/h6-11,19H,3,12-18H2,1-2,4-5H3;1-2H/b9-6-,10-7-,20-11+,23-21+;. The smallest absolute Gasteiger partial charge is 0.260 e. The molecule has 1 saturated heterocycles. The van der Waals surface area contributed by atoms with Crippen LogP contribution in [0.5, 0.6) is 0 Å². The van der Waals surface area contributed by atoms with Gasteiger partial charge in [-0.3, -0.25) is 14.5 Å². The Kier molecular flexibility index (Phi) is 15.9. The van der Waals surface area contributed by atoms with Crippen LogP contribution in [0.15, 0.2) is 69.8 Å². The molecule has 0 saturated carbocycles. The Hall–Kier alpha value is -2.42. The van der Waals surface area contributed by atoms with Crippen LogP contribution in [0.3, 0.4) is 0 Å². The molecule has 1 aliphatic heterocycles. The minimum Gasteiger partial charge on any atom is -0.302 e. The summed E-state index contributed by atoms with van der Waals surface area (Å²) in [6, 6.07) is 0. The SMILES string of the molecule is C#C.C=C/C(C)=C(\C=C/C)C(=O)N(C=O)CC(Br)=C1CCN(CC/C(C)=C/C=C\C)CC1. The van der Waals surface area contributed by atoms with Gasteiger partial charge in [0.2, 0.25) is 6.41 Å². The predicted octanol–water partition coefficient (Wildman–Crippen LogP) is 5.96. The van der Waals surface area contributed by atoms with Crippen molar-refractivity contribution in [3.05, 3.63) is 69.8 Å². The molecule has 0 radical (unpaired) electrons. The lowest BCUT2D eigenvalue weighted by atomic mass is 10.0. The van der Waals surface area contributed by atoms with E-state index in [4.69, 9.17) is 0 Å². The number of nitrogens with zero attached hydrogens (tertiary/aromatic N) is 2. The number of carbonyl (C=O) groups is 2. The summed E-state index contributed by atoms with van der Waals surface area (Å²) in [6.07, 6.45) is 23.0. The van der Waals surface area contributed by atoms with Crippen LogP contribution in [0, 0.1) is 12.8 Å². The highest BCUT2D eigenvalue weighted by Crippen LogP contribution is 2.25. The van der Waals surface area contributed by atoms with Crippen molar-refractivity contribution in [2.45, 2.75) is 47.0 Å². The van der Waals surface area contributed by atoms with E-state index >= 15 is 0 Å². The maximum absolute atomic E-state index is 12.8. The molecule has 0 spiro atoms. The van der Waals surface area contributed by atoms with E-state index in [1.54, 1.807) is 18.2 Å². The first-order valence-electron chi connectivity index (χ1n) is 10.8. The number of hydrogen-bond acceptors (Lipinski definition) is 3. The Balaban J connectivity index is 0.00000466. The second-order valence-corrected chi connectivity index (χ2v) is 8.44. The van der Waals surface area contributed by atoms with Gasteiger partial charge in [0.05, 0.1) is 6.54 Å². The molecule has 0 aromatic heterocycles. The predicted molar refractivity (Wildman–Crippen MR) is 140 cm³/mol. The lowest BCUT2D eigenvalue weighted by molar-refractivity contribution is -0.134. The maximum atomic E-state index is 12.8. The molecule has 2 amide bonds. The van der Waals surface area contributed by atoms with Crippen molar-refractivity contribution in [2.75, 3.05) is 26.2 Å². The number of allylic oxidation sites excluding steroid dienone is 6. The van der Waals surface area contributed by atoms with Crippen molar-refractivity contribution >= 4 is 28.2 Å². The van der Waals surface area contributed by atoms with Gasteiger partial charge in [0.15, 0.2) is 0 Å². The van der Waals surface area contributed by atoms with E-state index in [-0.39, 0.29) is 12.5 Å². The average Bonchev–Trinajstić information content (AvgIpc) is 2.83. The van der Waals surface area contributed by atoms with Crippen LogP contribution in [0.2, 0.25) is 0 Å². The van der Waals surface area contributed by atoms with Gasteiger partial charge >= 0.3 is 0 Å². The fourth-order valence-electron chi connectivity index (χ4n) is 3.22. The van der Waals surface area contributed by atoms with Gasteiger partial charge in [0.25, 0.3) is 5.91 Å². The third kappa shape index (κ3) is 10.3. The Morgan fingerprint density at radius 3 is 2.31 bits per heavy atom. The molecule has 0 aromatic rings. The quantitative estimate of drug-likeness (QED) is 0.161. The number of amides is 2. The number of rotatable bonds is 10. The summed E-state index contributed by atoms with van der Waals surface area (Å²) in [4.78, 5) is 28.2. The molecule has 1 heterocycles. The van der Waals surface area contributed by atoms with Gasteiger partial charge in [-0.1, -0.05) is 70.1 Å². The third-order valence-electron chi connectivity index (χ3n) is 5.23. The largest absolute Gasteiger partial charge is 0.302 e. The van der Waals surface area contributed by atoms with Crippen molar-refractivity contribution in [2.24, 2.45) is 0 Å². The van der Waals surface area contributed by atoms with Crippen molar-refractivity contribution in [1.29, 1.82) is 0 Å². The third-order valence-corrected chi connectivity index (χ3v) is 6.04. The van der Waals surface area contributed by atoms with E-state index in [1.807, 2.05) is 26.8 Å². The van der Waals surface area contributed by atoms with Crippen LogP contribution < -0.4 is 0 Å². The normalized spacial score (nSPS) is 15.7. The Labute approximate surface area is 203 Å². The summed E-state index contributed by atoms with van der Waals surface area (Å²) in [5.74, 6) is -0.307. The van der Waals surface area contributed by atoms with E-state index in [0.29, 0.717) is 12.0 Å². The molecule has 5 heteroatoms. The average molecular weight is 502 g/mol.